The van der Waals surface area contributed by atoms with E-state index in [2.05, 4.69) is 161 Å². The minimum Gasteiger partial charge on any atom is -0.486 e. The van der Waals surface area contributed by atoms with Crippen molar-refractivity contribution in [2.24, 2.45) is 0 Å². The Morgan fingerprint density at radius 2 is 0.947 bits per heavy atom. The largest absolute Gasteiger partial charge is 0.486 e. The first kappa shape index (κ1) is 46.7. The summed E-state index contributed by atoms with van der Waals surface area (Å²) >= 11 is 0. The fraction of sp³-hybridized carbons (Fsp3) is 0.471. The molecule has 6 nitrogen and oxygen atoms in total. The molecule has 0 aromatic heterocycles. The number of fused-ring (bicyclic) bond motifs is 4. The lowest BCUT2D eigenvalue weighted by Crippen LogP contribution is -2.20. The Morgan fingerprint density at radius 1 is 0.491 bits per heavy atom. The first-order chi connectivity index (χ1) is 25.7. The fourth-order valence-electron chi connectivity index (χ4n) is 6.44. The maximum atomic E-state index is 11.3. The molecule has 0 saturated heterocycles. The molecular weight excluding hydrogens is 707 g/mol. The first-order valence-electron chi connectivity index (χ1n) is 19.7. The van der Waals surface area contributed by atoms with Crippen LogP contribution in [0.2, 0.25) is 0 Å². The molecule has 4 aromatic carbocycles. The average Bonchev–Trinajstić information content (AvgIpc) is 3.80. The van der Waals surface area contributed by atoms with Crippen molar-refractivity contribution in [1.29, 1.82) is 0 Å². The SMILES string of the molecule is C.C.CC(C)(C)c1ccc2c(c1)CC=C2.CC(C)(C)c1ccc2c(c1)NC(=O)CC2.CC(C)(C)c1ccc2c(c1)OCCO2.CC(C)(C)c1ccc2c(c1)OCO2. The van der Waals surface area contributed by atoms with Crippen LogP contribution < -0.4 is 24.3 Å². The van der Waals surface area contributed by atoms with Gasteiger partial charge in [0.2, 0.25) is 12.7 Å². The molecule has 0 unspecified atom stereocenters. The van der Waals surface area contributed by atoms with Gasteiger partial charge in [0.1, 0.15) is 13.2 Å². The van der Waals surface area contributed by atoms with Crippen molar-refractivity contribution < 1.29 is 23.7 Å². The predicted molar refractivity (Wildman–Crippen MR) is 241 cm³/mol. The van der Waals surface area contributed by atoms with Crippen LogP contribution in [-0.4, -0.2) is 25.9 Å². The lowest BCUT2D eigenvalue weighted by molar-refractivity contribution is -0.116. The molecule has 0 saturated carbocycles. The van der Waals surface area contributed by atoms with E-state index in [0.717, 1.165) is 41.5 Å². The van der Waals surface area contributed by atoms with Gasteiger partial charge in [0.15, 0.2) is 23.0 Å². The Bertz CT molecular complexity index is 1980. The van der Waals surface area contributed by atoms with Crippen LogP contribution in [0.4, 0.5) is 5.69 Å². The first-order valence-corrected chi connectivity index (χ1v) is 19.7. The molecule has 0 bridgehead atoms. The number of hydrogen-bond acceptors (Lipinski definition) is 5. The smallest absolute Gasteiger partial charge is 0.231 e. The van der Waals surface area contributed by atoms with Crippen LogP contribution in [0.5, 0.6) is 23.0 Å². The van der Waals surface area contributed by atoms with E-state index in [1.807, 2.05) is 12.1 Å². The predicted octanol–water partition coefficient (Wildman–Crippen LogP) is 13.2. The van der Waals surface area contributed by atoms with Gasteiger partial charge in [0.05, 0.1) is 0 Å². The quantitative estimate of drug-likeness (QED) is 0.193. The van der Waals surface area contributed by atoms with Crippen LogP contribution in [0, 0.1) is 0 Å². The Balaban J connectivity index is 0.000000202. The molecule has 1 N–H and O–H groups in total. The summed E-state index contributed by atoms with van der Waals surface area (Å²) in [7, 11) is 0. The number of aryl methyl sites for hydroxylation is 1. The van der Waals surface area contributed by atoms with Gasteiger partial charge >= 0.3 is 0 Å². The molecule has 3 heterocycles. The third kappa shape index (κ3) is 12.6. The summed E-state index contributed by atoms with van der Waals surface area (Å²) in [4.78, 5) is 11.3. The zero-order valence-electron chi connectivity index (χ0n) is 35.4. The van der Waals surface area contributed by atoms with E-state index < -0.39 is 0 Å². The number of allylic oxidation sites excluding steroid dienone is 1. The van der Waals surface area contributed by atoms with Crippen LogP contribution in [0.25, 0.3) is 6.08 Å². The van der Waals surface area contributed by atoms with Crippen LogP contribution in [0.15, 0.2) is 78.9 Å². The van der Waals surface area contributed by atoms with E-state index in [1.165, 1.54) is 38.9 Å². The topological polar surface area (TPSA) is 66.0 Å². The minimum atomic E-state index is 0. The van der Waals surface area contributed by atoms with Crippen LogP contribution in [0.1, 0.15) is 143 Å². The standard InChI is InChI=1S/C13H17NO.C13H16.C12H16O2.C11H14O2.2CH4/c1-13(2,3)10-6-4-9-5-7-12(15)14-11(9)8-10;1-13(2,3)12-8-7-10-5-4-6-11(10)9-12;1-12(2,3)9-4-5-10-11(8-9)14-7-6-13-10;1-11(2,3)8-4-5-9-10(6-8)13-7-12-9;;/h4,6,8H,5,7H2,1-3H3,(H,14,15);4-5,7-9H,6H2,1-3H3;4-5,8H,6-7H2,1-3H3;4-6H,7H2,1-3H3;2*1H4. The molecule has 1 amide bonds. The van der Waals surface area contributed by atoms with Crippen molar-refractivity contribution in [2.75, 3.05) is 25.3 Å². The molecule has 6 heteroatoms. The zero-order chi connectivity index (χ0) is 40.2. The highest BCUT2D eigenvalue weighted by Gasteiger charge is 2.22. The monoisotopic (exact) mass is 778 g/mol. The van der Waals surface area contributed by atoms with Gasteiger partial charge < -0.3 is 24.3 Å². The Labute approximate surface area is 345 Å². The summed E-state index contributed by atoms with van der Waals surface area (Å²) in [5.41, 5.74) is 11.1. The number of ether oxygens (including phenoxy) is 4. The molecule has 0 radical (unpaired) electrons. The summed E-state index contributed by atoms with van der Waals surface area (Å²) < 4.78 is 21.6. The maximum Gasteiger partial charge on any atom is 0.231 e. The molecule has 310 valence electrons. The highest BCUT2D eigenvalue weighted by molar-refractivity contribution is 5.94. The number of carbonyl (C=O) groups is 1. The number of nitrogens with one attached hydrogen (secondary N) is 1. The highest BCUT2D eigenvalue weighted by atomic mass is 16.7. The second-order valence-corrected chi connectivity index (χ2v) is 18.9. The molecule has 4 aromatic rings. The Morgan fingerprint density at radius 3 is 1.53 bits per heavy atom. The lowest BCUT2D eigenvalue weighted by Gasteiger charge is -2.23. The molecule has 8 rings (SSSR count). The van der Waals surface area contributed by atoms with Crippen molar-refractivity contribution >= 4 is 17.7 Å². The van der Waals surface area contributed by atoms with E-state index in [0.29, 0.717) is 26.4 Å². The average molecular weight is 778 g/mol. The number of hydrogen-bond donors (Lipinski definition) is 1. The summed E-state index contributed by atoms with van der Waals surface area (Å²) in [5, 5.41) is 2.93. The van der Waals surface area contributed by atoms with Crippen molar-refractivity contribution in [1.82, 2.24) is 0 Å². The minimum absolute atomic E-state index is 0. The summed E-state index contributed by atoms with van der Waals surface area (Å²) in [6.07, 6.45) is 7.03. The van der Waals surface area contributed by atoms with Crippen LogP contribution in [0.3, 0.4) is 0 Å². The lowest BCUT2D eigenvalue weighted by atomic mass is 9.85. The normalized spacial score (nSPS) is 14.6. The molecule has 0 spiro atoms. The van der Waals surface area contributed by atoms with E-state index in [1.54, 1.807) is 0 Å². The third-order valence-corrected chi connectivity index (χ3v) is 10.2. The van der Waals surface area contributed by atoms with Crippen molar-refractivity contribution in [2.45, 2.75) is 139 Å². The second kappa shape index (κ2) is 18.7. The van der Waals surface area contributed by atoms with Crippen molar-refractivity contribution in [3.8, 4) is 23.0 Å². The van der Waals surface area contributed by atoms with Crippen molar-refractivity contribution in [3.63, 3.8) is 0 Å². The number of amides is 1. The zero-order valence-corrected chi connectivity index (χ0v) is 35.4. The number of rotatable bonds is 0. The summed E-state index contributed by atoms with van der Waals surface area (Å²) in [5.74, 6) is 3.60. The number of anilines is 1. The van der Waals surface area contributed by atoms with Crippen LogP contribution in [-0.2, 0) is 39.3 Å². The van der Waals surface area contributed by atoms with Gasteiger partial charge in [-0.25, -0.2) is 0 Å². The van der Waals surface area contributed by atoms with E-state index in [9.17, 15) is 4.79 Å². The summed E-state index contributed by atoms with van der Waals surface area (Å²) in [6.45, 7) is 28.1. The Kier molecular flexibility index (Phi) is 15.3. The van der Waals surface area contributed by atoms with Gasteiger partial charge in [0, 0.05) is 12.1 Å². The van der Waals surface area contributed by atoms with Gasteiger partial charge in [-0.05, 0) is 104 Å². The van der Waals surface area contributed by atoms with Crippen molar-refractivity contribution in [3.05, 3.63) is 118 Å². The van der Waals surface area contributed by atoms with Gasteiger partial charge in [-0.2, -0.15) is 0 Å². The summed E-state index contributed by atoms with van der Waals surface area (Å²) in [6, 6.07) is 25.5. The number of benzene rings is 4. The molecule has 0 fully saturated rings. The van der Waals surface area contributed by atoms with Gasteiger partial charge in [0.25, 0.3) is 0 Å². The molecule has 3 aliphatic heterocycles. The molecule has 0 atom stereocenters. The fourth-order valence-corrected chi connectivity index (χ4v) is 6.44. The highest BCUT2D eigenvalue weighted by Crippen LogP contribution is 2.37. The van der Waals surface area contributed by atoms with E-state index >= 15 is 0 Å². The molecule has 4 aliphatic rings. The van der Waals surface area contributed by atoms with Gasteiger partial charge in [-0.15, -0.1) is 0 Å². The number of carbonyl (C=O) groups excluding carboxylic acids is 1. The van der Waals surface area contributed by atoms with Gasteiger partial charge in [-0.3, -0.25) is 4.79 Å². The second-order valence-electron chi connectivity index (χ2n) is 18.9. The van der Waals surface area contributed by atoms with E-state index in [4.69, 9.17) is 18.9 Å². The Hall–Kier alpha value is -4.71. The molecule has 1 aliphatic carbocycles. The van der Waals surface area contributed by atoms with Gasteiger partial charge in [-0.1, -0.05) is 153 Å². The third-order valence-electron chi connectivity index (χ3n) is 10.2. The molecule has 57 heavy (non-hydrogen) atoms. The maximum absolute atomic E-state index is 11.3. The molecular formula is C51H71NO5. The van der Waals surface area contributed by atoms with E-state index in [-0.39, 0.29) is 42.4 Å². The van der Waals surface area contributed by atoms with Crippen LogP contribution >= 0.6 is 0 Å².